The summed E-state index contributed by atoms with van der Waals surface area (Å²) in [4.78, 5) is 2.38. The highest BCUT2D eigenvalue weighted by Gasteiger charge is 2.35. The molecular formula is C26H30F2N4O3S. The predicted octanol–water partition coefficient (Wildman–Crippen LogP) is 3.48. The van der Waals surface area contributed by atoms with Crippen LogP contribution < -0.4 is 9.88 Å². The van der Waals surface area contributed by atoms with E-state index in [4.69, 9.17) is 9.88 Å². The first-order valence-corrected chi connectivity index (χ1v) is 13.8. The molecule has 1 aliphatic heterocycles. The third-order valence-corrected chi connectivity index (χ3v) is 8.03. The van der Waals surface area contributed by atoms with Crippen molar-refractivity contribution in [3.8, 4) is 5.75 Å². The third kappa shape index (κ3) is 5.61. The highest BCUT2D eigenvalue weighted by Crippen LogP contribution is 2.43. The molecule has 0 radical (unpaired) electrons. The molecule has 2 heterocycles. The summed E-state index contributed by atoms with van der Waals surface area (Å²) >= 11 is 0. The van der Waals surface area contributed by atoms with Gasteiger partial charge >= 0.3 is 0 Å². The summed E-state index contributed by atoms with van der Waals surface area (Å²) in [6.45, 7) is 3.79. The molecule has 10 heteroatoms. The summed E-state index contributed by atoms with van der Waals surface area (Å²) in [6.07, 6.45) is 5.77. The lowest BCUT2D eigenvalue weighted by molar-refractivity contribution is 0.145. The van der Waals surface area contributed by atoms with Crippen LogP contribution in [0.5, 0.6) is 5.75 Å². The van der Waals surface area contributed by atoms with Crippen LogP contribution in [0.2, 0.25) is 0 Å². The summed E-state index contributed by atoms with van der Waals surface area (Å²) in [5, 5.41) is 9.10. The van der Waals surface area contributed by atoms with Gasteiger partial charge in [0.2, 0.25) is 10.0 Å². The van der Waals surface area contributed by atoms with E-state index in [1.54, 1.807) is 18.2 Å². The number of aryl methyl sites for hydroxylation is 1. The first kappa shape index (κ1) is 24.9. The molecule has 1 fully saturated rings. The molecule has 0 spiro atoms. The number of ether oxygens (including phenoxy) is 1. The fourth-order valence-corrected chi connectivity index (χ4v) is 5.69. The highest BCUT2D eigenvalue weighted by molar-refractivity contribution is 7.89. The van der Waals surface area contributed by atoms with E-state index in [0.717, 1.165) is 42.7 Å². The molecule has 3 aromatic rings. The normalized spacial score (nSPS) is 19.8. The minimum atomic E-state index is -3.80. The van der Waals surface area contributed by atoms with E-state index in [1.165, 1.54) is 29.6 Å². The first-order valence-electron chi connectivity index (χ1n) is 12.2. The first-order chi connectivity index (χ1) is 17.3. The van der Waals surface area contributed by atoms with Crippen molar-refractivity contribution in [1.82, 2.24) is 14.7 Å². The van der Waals surface area contributed by atoms with Crippen LogP contribution >= 0.6 is 0 Å². The molecule has 1 saturated heterocycles. The summed E-state index contributed by atoms with van der Waals surface area (Å²) < 4.78 is 58.8. The van der Waals surface area contributed by atoms with Gasteiger partial charge in [-0.3, -0.25) is 4.68 Å². The van der Waals surface area contributed by atoms with Gasteiger partial charge in [-0.25, -0.2) is 22.3 Å². The Morgan fingerprint density at radius 2 is 2.00 bits per heavy atom. The number of hydrogen-bond donors (Lipinski definition) is 1. The van der Waals surface area contributed by atoms with Crippen molar-refractivity contribution in [2.45, 2.75) is 43.0 Å². The van der Waals surface area contributed by atoms with Gasteiger partial charge in [-0.05, 0) is 85.1 Å². The molecule has 2 aliphatic rings. The van der Waals surface area contributed by atoms with Crippen molar-refractivity contribution < 1.29 is 21.9 Å². The molecule has 1 aromatic heterocycles. The number of hydrogen-bond acceptors (Lipinski definition) is 5. The molecular weight excluding hydrogens is 486 g/mol. The smallest absolute Gasteiger partial charge is 0.241 e. The Labute approximate surface area is 209 Å². The molecule has 2 aromatic carbocycles. The standard InChI is InChI=1S/C26H30F2N4O3S/c27-21-5-1-4-18(10-21)11-23-20(16-31-6-2-7-31)12-19-13-25(28)26(14-24(19)23)35-9-3-8-32-17-22(15-30-32)36(29,33)34/h1,4-5,10,13-15,17,20,23H,2-3,6-9,11-12,16H2,(H2,29,33,34). The lowest BCUT2D eigenvalue weighted by Crippen LogP contribution is -2.41. The maximum Gasteiger partial charge on any atom is 0.241 e. The second kappa shape index (κ2) is 10.3. The second-order valence-corrected chi connectivity index (χ2v) is 11.3. The zero-order valence-electron chi connectivity index (χ0n) is 19.9. The van der Waals surface area contributed by atoms with Gasteiger partial charge < -0.3 is 9.64 Å². The number of nitrogens with zero attached hydrogens (tertiary/aromatic N) is 3. The number of halogens is 2. The van der Waals surface area contributed by atoms with E-state index in [2.05, 4.69) is 10.00 Å². The van der Waals surface area contributed by atoms with E-state index < -0.39 is 15.8 Å². The Bertz CT molecular complexity index is 1340. The highest BCUT2D eigenvalue weighted by atomic mass is 32.2. The van der Waals surface area contributed by atoms with Crippen LogP contribution in [0.3, 0.4) is 0 Å². The molecule has 0 bridgehead atoms. The van der Waals surface area contributed by atoms with E-state index in [-0.39, 0.29) is 29.0 Å². The summed E-state index contributed by atoms with van der Waals surface area (Å²) in [7, 11) is -3.80. The Morgan fingerprint density at radius 3 is 2.69 bits per heavy atom. The number of primary sulfonamides is 1. The molecule has 1 aliphatic carbocycles. The van der Waals surface area contributed by atoms with Gasteiger partial charge in [-0.2, -0.15) is 5.10 Å². The minimum Gasteiger partial charge on any atom is -0.490 e. The van der Waals surface area contributed by atoms with Crippen molar-refractivity contribution in [2.75, 3.05) is 26.2 Å². The van der Waals surface area contributed by atoms with Gasteiger partial charge in [0.25, 0.3) is 0 Å². The predicted molar refractivity (Wildman–Crippen MR) is 131 cm³/mol. The van der Waals surface area contributed by atoms with E-state index in [1.807, 2.05) is 12.1 Å². The SMILES string of the molecule is NS(=O)(=O)c1cnn(CCCOc2cc3c(cc2F)CC(CN2CCC2)C3Cc2cccc(F)c2)c1. The van der Waals surface area contributed by atoms with Crippen molar-refractivity contribution in [3.63, 3.8) is 0 Å². The molecule has 0 saturated carbocycles. The second-order valence-electron chi connectivity index (χ2n) is 9.73. The zero-order chi connectivity index (χ0) is 25.3. The van der Waals surface area contributed by atoms with Crippen LogP contribution in [0.4, 0.5) is 8.78 Å². The van der Waals surface area contributed by atoms with E-state index in [0.29, 0.717) is 25.3 Å². The van der Waals surface area contributed by atoms with Crippen LogP contribution in [-0.2, 0) is 29.4 Å². The molecule has 36 heavy (non-hydrogen) atoms. The Morgan fingerprint density at radius 1 is 1.17 bits per heavy atom. The Kier molecular flexibility index (Phi) is 7.09. The maximum absolute atomic E-state index is 14.9. The fraction of sp³-hybridized carbons (Fsp3) is 0.423. The molecule has 2 atom stereocenters. The van der Waals surface area contributed by atoms with Crippen LogP contribution in [0, 0.1) is 17.6 Å². The van der Waals surface area contributed by atoms with Crippen LogP contribution in [0.15, 0.2) is 53.7 Å². The lowest BCUT2D eigenvalue weighted by Gasteiger charge is -2.35. The summed E-state index contributed by atoms with van der Waals surface area (Å²) in [5.74, 6) is 0.0605. The largest absolute Gasteiger partial charge is 0.490 e. The molecule has 2 unspecified atom stereocenters. The molecule has 192 valence electrons. The van der Waals surface area contributed by atoms with Gasteiger partial charge in [-0.15, -0.1) is 0 Å². The van der Waals surface area contributed by atoms with Crippen LogP contribution in [-0.4, -0.2) is 49.3 Å². The number of benzene rings is 2. The summed E-state index contributed by atoms with van der Waals surface area (Å²) in [6, 6.07) is 10.1. The number of sulfonamides is 1. The van der Waals surface area contributed by atoms with Crippen molar-refractivity contribution >= 4 is 10.0 Å². The van der Waals surface area contributed by atoms with E-state index >= 15 is 0 Å². The maximum atomic E-state index is 14.9. The molecule has 5 rings (SSSR count). The van der Waals surface area contributed by atoms with E-state index in [9.17, 15) is 17.2 Å². The average molecular weight is 517 g/mol. The Hall–Kier alpha value is -2.82. The van der Waals surface area contributed by atoms with Gasteiger partial charge in [0.05, 0.1) is 12.8 Å². The zero-order valence-corrected chi connectivity index (χ0v) is 20.8. The van der Waals surface area contributed by atoms with Crippen LogP contribution in [0.1, 0.15) is 35.4 Å². The third-order valence-electron chi connectivity index (χ3n) is 7.16. The van der Waals surface area contributed by atoms with Crippen molar-refractivity contribution in [1.29, 1.82) is 0 Å². The number of aromatic nitrogens is 2. The van der Waals surface area contributed by atoms with Gasteiger partial charge in [0.1, 0.15) is 10.7 Å². The number of fused-ring (bicyclic) bond motifs is 1. The number of likely N-dealkylation sites (tertiary alicyclic amines) is 1. The minimum absolute atomic E-state index is 0.0507. The Balaban J connectivity index is 1.28. The fourth-order valence-electron chi connectivity index (χ4n) is 5.23. The lowest BCUT2D eigenvalue weighted by atomic mass is 9.85. The number of rotatable bonds is 10. The monoisotopic (exact) mass is 516 g/mol. The van der Waals surface area contributed by atoms with Gasteiger partial charge in [-0.1, -0.05) is 12.1 Å². The topological polar surface area (TPSA) is 90.5 Å². The van der Waals surface area contributed by atoms with Gasteiger partial charge in [0.15, 0.2) is 11.6 Å². The number of nitrogens with two attached hydrogens (primary N) is 1. The van der Waals surface area contributed by atoms with Crippen molar-refractivity contribution in [2.24, 2.45) is 11.1 Å². The molecule has 0 amide bonds. The average Bonchev–Trinajstić information content (AvgIpc) is 3.39. The molecule has 2 N–H and O–H groups in total. The van der Waals surface area contributed by atoms with Crippen LogP contribution in [0.25, 0.3) is 0 Å². The van der Waals surface area contributed by atoms with Gasteiger partial charge in [0, 0.05) is 25.7 Å². The molecule has 7 nitrogen and oxygen atoms in total. The summed E-state index contributed by atoms with van der Waals surface area (Å²) in [5.41, 5.74) is 3.01. The quantitative estimate of drug-likeness (QED) is 0.417. The van der Waals surface area contributed by atoms with Crippen molar-refractivity contribution in [3.05, 3.63) is 77.1 Å².